The molecular weight excluding hydrogens is 316 g/mol. The van der Waals surface area contributed by atoms with E-state index in [4.69, 9.17) is 14.7 Å². The van der Waals surface area contributed by atoms with Crippen molar-refractivity contribution in [3.05, 3.63) is 24.3 Å². The monoisotopic (exact) mass is 340 g/mol. The summed E-state index contributed by atoms with van der Waals surface area (Å²) in [6.07, 6.45) is 5.00. The maximum atomic E-state index is 11.8. The van der Waals surface area contributed by atoms with Gasteiger partial charge in [0, 0.05) is 19.1 Å². The largest absolute Gasteiger partial charge is 0.469 e. The lowest BCUT2D eigenvalue weighted by molar-refractivity contribution is -0.145. The molecule has 2 heterocycles. The first-order chi connectivity index (χ1) is 12.2. The summed E-state index contributed by atoms with van der Waals surface area (Å²) in [5, 5.41) is 3.56. The molecule has 1 saturated heterocycles. The number of aromatic nitrogens is 2. The Kier molecular flexibility index (Phi) is 4.42. The predicted molar refractivity (Wildman–Crippen MR) is 97.8 cm³/mol. The summed E-state index contributed by atoms with van der Waals surface area (Å²) in [6.45, 7) is 2.05. The minimum absolute atomic E-state index is 0.00819. The summed E-state index contributed by atoms with van der Waals surface area (Å²) in [5.41, 5.74) is 1.82. The Labute approximate surface area is 147 Å². The molecule has 2 aromatic rings. The number of hydrogen-bond donors (Lipinski definition) is 1. The van der Waals surface area contributed by atoms with Gasteiger partial charge in [-0.15, -0.1) is 0 Å². The van der Waals surface area contributed by atoms with Crippen LogP contribution in [0.25, 0.3) is 11.0 Å². The second kappa shape index (κ2) is 6.86. The second-order valence-electron chi connectivity index (χ2n) is 6.95. The maximum absolute atomic E-state index is 11.8. The van der Waals surface area contributed by atoms with Crippen LogP contribution in [0.15, 0.2) is 24.3 Å². The third-order valence-corrected chi connectivity index (χ3v) is 5.27. The van der Waals surface area contributed by atoms with E-state index < -0.39 is 0 Å². The highest BCUT2D eigenvalue weighted by atomic mass is 16.5. The summed E-state index contributed by atoms with van der Waals surface area (Å²) in [7, 11) is 1.46. The number of anilines is 2. The molecule has 0 unspecified atom stereocenters. The summed E-state index contributed by atoms with van der Waals surface area (Å²) in [5.74, 6) is 1.67. The van der Waals surface area contributed by atoms with Crippen LogP contribution >= 0.6 is 0 Å². The Bertz CT molecular complexity index is 773. The number of esters is 1. The van der Waals surface area contributed by atoms with E-state index in [0.717, 1.165) is 55.0 Å². The lowest BCUT2D eigenvalue weighted by Gasteiger charge is -2.22. The van der Waals surface area contributed by atoms with E-state index in [2.05, 4.69) is 10.2 Å². The molecule has 2 atom stereocenters. The van der Waals surface area contributed by atoms with Crippen molar-refractivity contribution in [2.24, 2.45) is 5.92 Å². The van der Waals surface area contributed by atoms with Crippen LogP contribution in [-0.4, -0.2) is 42.2 Å². The number of benzene rings is 1. The number of carbonyl (C=O) groups is 1. The highest BCUT2D eigenvalue weighted by Crippen LogP contribution is 2.33. The van der Waals surface area contributed by atoms with Crippen LogP contribution in [0.1, 0.15) is 32.1 Å². The van der Waals surface area contributed by atoms with Crippen LogP contribution < -0.4 is 10.2 Å². The first-order valence-corrected chi connectivity index (χ1v) is 9.10. The molecule has 0 radical (unpaired) electrons. The number of hydrogen-bond acceptors (Lipinski definition) is 6. The van der Waals surface area contributed by atoms with Crippen molar-refractivity contribution in [2.45, 2.75) is 38.1 Å². The van der Waals surface area contributed by atoms with Gasteiger partial charge in [0.15, 0.2) is 11.6 Å². The van der Waals surface area contributed by atoms with Crippen molar-refractivity contribution in [2.75, 3.05) is 30.4 Å². The number of fused-ring (bicyclic) bond motifs is 1. The molecule has 4 rings (SSSR count). The molecule has 0 bridgehead atoms. The Balaban J connectivity index is 1.61. The Morgan fingerprint density at radius 2 is 1.88 bits per heavy atom. The van der Waals surface area contributed by atoms with Gasteiger partial charge >= 0.3 is 5.97 Å². The van der Waals surface area contributed by atoms with E-state index in [9.17, 15) is 4.79 Å². The molecule has 1 aliphatic carbocycles. The van der Waals surface area contributed by atoms with Gasteiger partial charge < -0.3 is 15.0 Å². The number of nitrogens with zero attached hydrogens (tertiary/aromatic N) is 3. The third kappa shape index (κ3) is 3.25. The lowest BCUT2D eigenvalue weighted by atomic mass is 10.1. The quantitative estimate of drug-likeness (QED) is 0.863. The molecule has 1 aliphatic heterocycles. The van der Waals surface area contributed by atoms with Gasteiger partial charge in [-0.05, 0) is 44.2 Å². The van der Waals surface area contributed by atoms with Crippen molar-refractivity contribution in [3.8, 4) is 0 Å². The molecule has 1 aromatic heterocycles. The standard InChI is InChI=1S/C19H24N4O2/c1-25-19(24)13-8-9-14(12-13)20-17-18(23-10-4-5-11-23)22-16-7-3-2-6-15(16)21-17/h2-3,6-7,13-14H,4-5,8-12H2,1H3,(H,20,21)/t13-,14+/m0/s1. The zero-order valence-electron chi connectivity index (χ0n) is 14.6. The fourth-order valence-corrected chi connectivity index (χ4v) is 3.92. The highest BCUT2D eigenvalue weighted by molar-refractivity contribution is 5.81. The SMILES string of the molecule is COC(=O)[C@H]1CC[C@@H](Nc2nc3ccccc3nc2N2CCCC2)C1. The molecule has 6 nitrogen and oxygen atoms in total. The molecule has 132 valence electrons. The molecule has 2 aliphatic rings. The Morgan fingerprint density at radius 1 is 1.16 bits per heavy atom. The van der Waals surface area contributed by atoms with Gasteiger partial charge in [0.05, 0.1) is 24.1 Å². The number of carbonyl (C=O) groups excluding carboxylic acids is 1. The van der Waals surface area contributed by atoms with Crippen molar-refractivity contribution >= 4 is 28.6 Å². The van der Waals surface area contributed by atoms with Crippen LogP contribution in [0, 0.1) is 5.92 Å². The summed E-state index contributed by atoms with van der Waals surface area (Å²) in [6, 6.07) is 8.22. The molecule has 6 heteroatoms. The average molecular weight is 340 g/mol. The summed E-state index contributed by atoms with van der Waals surface area (Å²) < 4.78 is 4.89. The van der Waals surface area contributed by atoms with Gasteiger partial charge in [-0.2, -0.15) is 0 Å². The summed E-state index contributed by atoms with van der Waals surface area (Å²) in [4.78, 5) is 23.8. The van der Waals surface area contributed by atoms with Gasteiger partial charge in [-0.3, -0.25) is 4.79 Å². The van der Waals surface area contributed by atoms with Gasteiger partial charge in [0.2, 0.25) is 0 Å². The van der Waals surface area contributed by atoms with E-state index in [0.29, 0.717) is 0 Å². The zero-order chi connectivity index (χ0) is 17.2. The fraction of sp³-hybridized carbons (Fsp3) is 0.526. The molecule has 1 aromatic carbocycles. The zero-order valence-corrected chi connectivity index (χ0v) is 14.6. The normalized spacial score (nSPS) is 23.2. The number of para-hydroxylation sites is 2. The van der Waals surface area contributed by atoms with E-state index in [1.54, 1.807) is 0 Å². The summed E-state index contributed by atoms with van der Waals surface area (Å²) >= 11 is 0. The lowest BCUT2D eigenvalue weighted by Crippen LogP contribution is -2.25. The first-order valence-electron chi connectivity index (χ1n) is 9.10. The number of rotatable bonds is 4. The number of ether oxygens (including phenoxy) is 1. The highest BCUT2D eigenvalue weighted by Gasteiger charge is 2.31. The average Bonchev–Trinajstić information content (AvgIpc) is 3.32. The van der Waals surface area contributed by atoms with Crippen molar-refractivity contribution in [1.29, 1.82) is 0 Å². The number of nitrogens with one attached hydrogen (secondary N) is 1. The molecule has 1 saturated carbocycles. The van der Waals surface area contributed by atoms with Gasteiger partial charge in [-0.1, -0.05) is 12.1 Å². The minimum atomic E-state index is -0.103. The maximum Gasteiger partial charge on any atom is 0.308 e. The van der Waals surface area contributed by atoms with Crippen LogP contribution in [-0.2, 0) is 9.53 Å². The molecule has 0 amide bonds. The Morgan fingerprint density at radius 3 is 2.60 bits per heavy atom. The van der Waals surface area contributed by atoms with Crippen molar-refractivity contribution in [1.82, 2.24) is 9.97 Å². The van der Waals surface area contributed by atoms with Crippen LogP contribution in [0.5, 0.6) is 0 Å². The van der Waals surface area contributed by atoms with E-state index in [1.165, 1.54) is 20.0 Å². The minimum Gasteiger partial charge on any atom is -0.469 e. The predicted octanol–water partition coefficient (Wildman–Crippen LogP) is 2.98. The van der Waals surface area contributed by atoms with E-state index in [-0.39, 0.29) is 17.9 Å². The van der Waals surface area contributed by atoms with Crippen molar-refractivity contribution in [3.63, 3.8) is 0 Å². The van der Waals surface area contributed by atoms with Gasteiger partial charge in [0.1, 0.15) is 0 Å². The van der Waals surface area contributed by atoms with Gasteiger partial charge in [0.25, 0.3) is 0 Å². The van der Waals surface area contributed by atoms with Gasteiger partial charge in [-0.25, -0.2) is 9.97 Å². The van der Waals surface area contributed by atoms with E-state index >= 15 is 0 Å². The smallest absolute Gasteiger partial charge is 0.308 e. The second-order valence-corrected chi connectivity index (χ2v) is 6.95. The van der Waals surface area contributed by atoms with Crippen LogP contribution in [0.4, 0.5) is 11.6 Å². The molecule has 2 fully saturated rings. The first kappa shape index (κ1) is 16.1. The van der Waals surface area contributed by atoms with Crippen LogP contribution in [0.3, 0.4) is 0 Å². The third-order valence-electron chi connectivity index (χ3n) is 5.27. The van der Waals surface area contributed by atoms with Crippen molar-refractivity contribution < 1.29 is 9.53 Å². The van der Waals surface area contributed by atoms with E-state index in [1.807, 2.05) is 24.3 Å². The number of methoxy groups -OCH3 is 1. The molecular formula is C19H24N4O2. The fourth-order valence-electron chi connectivity index (χ4n) is 3.92. The molecule has 1 N–H and O–H groups in total. The molecule has 25 heavy (non-hydrogen) atoms. The topological polar surface area (TPSA) is 67.3 Å². The van der Waals surface area contributed by atoms with Crippen LogP contribution in [0.2, 0.25) is 0 Å². The Hall–Kier alpha value is -2.37. The molecule has 0 spiro atoms.